The van der Waals surface area contributed by atoms with E-state index in [0.717, 1.165) is 0 Å². The number of amides is 2. The summed E-state index contributed by atoms with van der Waals surface area (Å²) in [4.78, 5) is 27.4. The molecule has 25 heavy (non-hydrogen) atoms. The molecule has 1 unspecified atom stereocenters. The normalized spacial score (nSPS) is 16.0. The van der Waals surface area contributed by atoms with Crippen molar-refractivity contribution in [3.63, 3.8) is 0 Å². The summed E-state index contributed by atoms with van der Waals surface area (Å²) < 4.78 is 18.6. The molecule has 3 rings (SSSR count). The lowest BCUT2D eigenvalue weighted by Gasteiger charge is -2.34. The third-order valence-electron chi connectivity index (χ3n) is 4.18. The van der Waals surface area contributed by atoms with E-state index in [2.05, 4.69) is 0 Å². The van der Waals surface area contributed by atoms with E-state index in [4.69, 9.17) is 4.42 Å². The van der Waals surface area contributed by atoms with Crippen molar-refractivity contribution in [1.29, 1.82) is 0 Å². The van der Waals surface area contributed by atoms with E-state index in [1.54, 1.807) is 34.1 Å². The first-order valence-electron chi connectivity index (χ1n) is 8.07. The molecule has 0 radical (unpaired) electrons. The second-order valence-corrected chi connectivity index (χ2v) is 5.96. The maximum Gasteiger partial charge on any atom is 0.289 e. The summed E-state index contributed by atoms with van der Waals surface area (Å²) in [7, 11) is 0. The third-order valence-corrected chi connectivity index (χ3v) is 4.18. The molecule has 1 aromatic carbocycles. The van der Waals surface area contributed by atoms with Gasteiger partial charge in [-0.3, -0.25) is 9.59 Å². The predicted molar refractivity (Wildman–Crippen MR) is 88.3 cm³/mol. The number of hydrogen-bond acceptors (Lipinski definition) is 4. The van der Waals surface area contributed by atoms with Gasteiger partial charge < -0.3 is 19.3 Å². The van der Waals surface area contributed by atoms with Gasteiger partial charge in [0.15, 0.2) is 5.76 Å². The van der Waals surface area contributed by atoms with Gasteiger partial charge in [0.1, 0.15) is 17.7 Å². The number of nitrogens with zero attached hydrogens (tertiary/aromatic N) is 2. The van der Waals surface area contributed by atoms with Crippen molar-refractivity contribution in [2.24, 2.45) is 0 Å². The van der Waals surface area contributed by atoms with Crippen LogP contribution in [-0.2, 0) is 4.79 Å². The molecule has 0 spiro atoms. The number of benzene rings is 1. The molecule has 0 bridgehead atoms. The van der Waals surface area contributed by atoms with E-state index >= 15 is 0 Å². The molecular formula is C18H19FN2O4. The molecule has 1 aliphatic rings. The van der Waals surface area contributed by atoms with E-state index in [1.165, 1.54) is 19.1 Å². The molecule has 0 aliphatic carbocycles. The van der Waals surface area contributed by atoms with Crippen molar-refractivity contribution in [3.8, 4) is 11.3 Å². The van der Waals surface area contributed by atoms with Crippen LogP contribution in [0.15, 0.2) is 40.8 Å². The van der Waals surface area contributed by atoms with Crippen molar-refractivity contribution in [3.05, 3.63) is 48.0 Å². The molecule has 2 heterocycles. The van der Waals surface area contributed by atoms with E-state index in [1.807, 2.05) is 0 Å². The Kier molecular flexibility index (Phi) is 4.85. The average molecular weight is 346 g/mol. The van der Waals surface area contributed by atoms with Gasteiger partial charge in [0.25, 0.3) is 11.8 Å². The van der Waals surface area contributed by atoms with E-state index in [0.29, 0.717) is 37.5 Å². The van der Waals surface area contributed by atoms with Gasteiger partial charge in [-0.2, -0.15) is 0 Å². The molecule has 1 aromatic heterocycles. The SMILES string of the molecule is CC(O)C(=O)N1CCN(C(=O)c2ccc(-c3ccc(F)cc3)o2)CC1. The van der Waals surface area contributed by atoms with Gasteiger partial charge in [0.2, 0.25) is 0 Å². The minimum Gasteiger partial charge on any atom is -0.451 e. The quantitative estimate of drug-likeness (QED) is 0.919. The molecule has 2 aromatic rings. The first-order chi connectivity index (χ1) is 12.0. The minimum absolute atomic E-state index is 0.203. The Labute approximate surface area is 144 Å². The summed E-state index contributed by atoms with van der Waals surface area (Å²) in [6.45, 7) is 2.94. The monoisotopic (exact) mass is 346 g/mol. The Hall–Kier alpha value is -2.67. The minimum atomic E-state index is -1.04. The summed E-state index contributed by atoms with van der Waals surface area (Å²) in [6, 6.07) is 9.10. The molecule has 1 N–H and O–H groups in total. The predicted octanol–water partition coefficient (Wildman–Crippen LogP) is 1.75. The second-order valence-electron chi connectivity index (χ2n) is 5.96. The summed E-state index contributed by atoms with van der Waals surface area (Å²) in [6.07, 6.45) is -1.04. The van der Waals surface area contributed by atoms with Crippen LogP contribution >= 0.6 is 0 Å². The number of furan rings is 1. The number of rotatable bonds is 3. The zero-order valence-corrected chi connectivity index (χ0v) is 13.8. The second kappa shape index (κ2) is 7.06. The number of piperazine rings is 1. The van der Waals surface area contributed by atoms with Gasteiger partial charge in [-0.05, 0) is 43.3 Å². The van der Waals surface area contributed by atoms with Gasteiger partial charge in [0.05, 0.1) is 0 Å². The Morgan fingerprint density at radius 3 is 2.24 bits per heavy atom. The van der Waals surface area contributed by atoms with Crippen molar-refractivity contribution < 1.29 is 23.5 Å². The highest BCUT2D eigenvalue weighted by atomic mass is 19.1. The molecule has 1 aliphatic heterocycles. The highest BCUT2D eigenvalue weighted by Gasteiger charge is 2.27. The van der Waals surface area contributed by atoms with Gasteiger partial charge in [-0.1, -0.05) is 0 Å². The zero-order chi connectivity index (χ0) is 18.0. The molecule has 2 amide bonds. The summed E-state index contributed by atoms with van der Waals surface area (Å²) in [5.41, 5.74) is 0.688. The van der Waals surface area contributed by atoms with Crippen molar-refractivity contribution >= 4 is 11.8 Å². The number of carbonyl (C=O) groups excluding carboxylic acids is 2. The average Bonchev–Trinajstić information content (AvgIpc) is 3.11. The third kappa shape index (κ3) is 3.71. The van der Waals surface area contributed by atoms with Crippen LogP contribution in [0, 0.1) is 5.82 Å². The first kappa shape index (κ1) is 17.2. The lowest BCUT2D eigenvalue weighted by Crippen LogP contribution is -2.52. The van der Waals surface area contributed by atoms with Crippen LogP contribution in [-0.4, -0.2) is 59.0 Å². The van der Waals surface area contributed by atoms with Gasteiger partial charge >= 0.3 is 0 Å². The maximum absolute atomic E-state index is 13.0. The molecule has 1 saturated heterocycles. The van der Waals surface area contributed by atoms with Crippen molar-refractivity contribution in [2.75, 3.05) is 26.2 Å². The fourth-order valence-corrected chi connectivity index (χ4v) is 2.77. The smallest absolute Gasteiger partial charge is 0.289 e. The van der Waals surface area contributed by atoms with Gasteiger partial charge in [-0.15, -0.1) is 0 Å². The van der Waals surface area contributed by atoms with E-state index in [9.17, 15) is 19.1 Å². The van der Waals surface area contributed by atoms with Crippen LogP contribution in [0.25, 0.3) is 11.3 Å². The van der Waals surface area contributed by atoms with Crippen molar-refractivity contribution in [2.45, 2.75) is 13.0 Å². The molecule has 132 valence electrons. The Morgan fingerprint density at radius 2 is 1.64 bits per heavy atom. The largest absolute Gasteiger partial charge is 0.451 e. The topological polar surface area (TPSA) is 74.0 Å². The van der Waals surface area contributed by atoms with Crippen LogP contribution in [0.2, 0.25) is 0 Å². The number of hydrogen-bond donors (Lipinski definition) is 1. The van der Waals surface area contributed by atoms with Crippen LogP contribution in [0.1, 0.15) is 17.5 Å². The molecule has 7 heteroatoms. The lowest BCUT2D eigenvalue weighted by atomic mass is 10.2. The maximum atomic E-state index is 13.0. The number of aliphatic hydroxyl groups excluding tert-OH is 1. The Bertz CT molecular complexity index is 762. The fraction of sp³-hybridized carbons (Fsp3) is 0.333. The van der Waals surface area contributed by atoms with Crippen molar-refractivity contribution in [1.82, 2.24) is 9.80 Å². The Balaban J connectivity index is 1.65. The van der Waals surface area contributed by atoms with Crippen LogP contribution in [0.4, 0.5) is 4.39 Å². The molecule has 1 atom stereocenters. The van der Waals surface area contributed by atoms with Crippen LogP contribution in [0.5, 0.6) is 0 Å². The Morgan fingerprint density at radius 1 is 1.04 bits per heavy atom. The van der Waals surface area contributed by atoms with Crippen LogP contribution in [0.3, 0.4) is 0 Å². The number of halogens is 1. The van der Waals surface area contributed by atoms with E-state index < -0.39 is 6.10 Å². The number of aliphatic hydroxyl groups is 1. The highest BCUT2D eigenvalue weighted by Crippen LogP contribution is 2.23. The van der Waals surface area contributed by atoms with Crippen LogP contribution < -0.4 is 0 Å². The lowest BCUT2D eigenvalue weighted by molar-refractivity contribution is -0.140. The standard InChI is InChI=1S/C18H19FN2O4/c1-12(22)17(23)20-8-10-21(11-9-20)18(24)16-7-6-15(25-16)13-2-4-14(19)5-3-13/h2-7,12,22H,8-11H2,1H3. The van der Waals surface area contributed by atoms with E-state index in [-0.39, 0.29) is 23.4 Å². The molecule has 6 nitrogen and oxygen atoms in total. The summed E-state index contributed by atoms with van der Waals surface area (Å²) >= 11 is 0. The summed E-state index contributed by atoms with van der Waals surface area (Å²) in [5.74, 6) is -0.224. The molecule has 1 fully saturated rings. The van der Waals surface area contributed by atoms with Gasteiger partial charge in [-0.25, -0.2) is 4.39 Å². The highest BCUT2D eigenvalue weighted by molar-refractivity contribution is 5.92. The molecular weight excluding hydrogens is 327 g/mol. The molecule has 0 saturated carbocycles. The number of carbonyl (C=O) groups is 2. The van der Waals surface area contributed by atoms with Gasteiger partial charge in [0, 0.05) is 31.7 Å². The fourth-order valence-electron chi connectivity index (χ4n) is 2.77. The summed E-state index contributed by atoms with van der Waals surface area (Å²) in [5, 5.41) is 9.34. The first-order valence-corrected chi connectivity index (χ1v) is 8.07. The zero-order valence-electron chi connectivity index (χ0n) is 13.8.